The second-order valence-electron chi connectivity index (χ2n) is 5.57. The zero-order chi connectivity index (χ0) is 17.1. The lowest BCUT2D eigenvalue weighted by molar-refractivity contribution is -0.128. The van der Waals surface area contributed by atoms with E-state index in [0.717, 1.165) is 17.7 Å². The monoisotopic (exact) mass is 409 g/mol. The molecule has 2 aromatic carbocycles. The molecule has 0 spiro atoms. The van der Waals surface area contributed by atoms with Gasteiger partial charge in [0.05, 0.1) is 17.1 Å². The molecule has 2 atom stereocenters. The molecule has 4 nitrogen and oxygen atoms in total. The van der Waals surface area contributed by atoms with Crippen molar-refractivity contribution in [2.24, 2.45) is 0 Å². The average molecular weight is 411 g/mol. The van der Waals surface area contributed by atoms with Crippen LogP contribution in [-0.4, -0.2) is 18.6 Å². The molecule has 1 aliphatic heterocycles. The van der Waals surface area contributed by atoms with Crippen molar-refractivity contribution in [3.05, 3.63) is 57.5 Å². The molecular formula is C18H17BrClNO3. The molecule has 0 saturated carbocycles. The van der Waals surface area contributed by atoms with E-state index in [1.54, 1.807) is 25.1 Å². The highest BCUT2D eigenvalue weighted by Crippen LogP contribution is 2.32. The van der Waals surface area contributed by atoms with E-state index in [-0.39, 0.29) is 11.9 Å². The van der Waals surface area contributed by atoms with Gasteiger partial charge in [-0.3, -0.25) is 4.79 Å². The fourth-order valence-corrected chi connectivity index (χ4v) is 3.37. The topological polar surface area (TPSA) is 47.6 Å². The van der Waals surface area contributed by atoms with Gasteiger partial charge in [-0.2, -0.15) is 0 Å². The first-order chi connectivity index (χ1) is 11.5. The van der Waals surface area contributed by atoms with Crippen molar-refractivity contribution in [1.82, 2.24) is 5.32 Å². The summed E-state index contributed by atoms with van der Waals surface area (Å²) in [4.78, 5) is 12.5. The lowest BCUT2D eigenvalue weighted by Crippen LogP contribution is -2.40. The summed E-state index contributed by atoms with van der Waals surface area (Å²) >= 11 is 9.30. The molecule has 0 radical (unpaired) electrons. The Kier molecular flexibility index (Phi) is 5.31. The lowest BCUT2D eigenvalue weighted by Gasteiger charge is -2.27. The van der Waals surface area contributed by atoms with Gasteiger partial charge in [-0.1, -0.05) is 29.8 Å². The predicted molar refractivity (Wildman–Crippen MR) is 96.7 cm³/mol. The van der Waals surface area contributed by atoms with E-state index in [1.165, 1.54) is 0 Å². The minimum absolute atomic E-state index is 0.0674. The van der Waals surface area contributed by atoms with Gasteiger partial charge in [-0.05, 0) is 47.1 Å². The quantitative estimate of drug-likeness (QED) is 0.807. The van der Waals surface area contributed by atoms with Crippen molar-refractivity contribution in [2.75, 3.05) is 6.61 Å². The number of amides is 1. The number of carbonyl (C=O) groups excluding carboxylic acids is 1. The van der Waals surface area contributed by atoms with Crippen LogP contribution in [0.2, 0.25) is 5.02 Å². The molecule has 0 saturated heterocycles. The fourth-order valence-electron chi connectivity index (χ4n) is 2.60. The number of hydrogen-bond acceptors (Lipinski definition) is 3. The third-order valence-electron chi connectivity index (χ3n) is 3.84. The number of halogens is 2. The summed E-state index contributed by atoms with van der Waals surface area (Å²) in [6, 6.07) is 12.9. The van der Waals surface area contributed by atoms with E-state index in [9.17, 15) is 4.79 Å². The lowest BCUT2D eigenvalue weighted by atomic mass is 10.0. The summed E-state index contributed by atoms with van der Waals surface area (Å²) in [7, 11) is 0. The number of benzene rings is 2. The molecule has 126 valence electrons. The van der Waals surface area contributed by atoms with Gasteiger partial charge in [-0.15, -0.1) is 0 Å². The van der Waals surface area contributed by atoms with Gasteiger partial charge in [0.15, 0.2) is 6.10 Å². The molecule has 0 fully saturated rings. The van der Waals surface area contributed by atoms with Crippen LogP contribution in [-0.2, 0) is 4.79 Å². The predicted octanol–water partition coefficient (Wildman–Crippen LogP) is 4.51. The molecule has 1 heterocycles. The normalized spacial score (nSPS) is 17.4. The smallest absolute Gasteiger partial charge is 0.261 e. The second kappa shape index (κ2) is 7.45. The number of hydrogen-bond donors (Lipinski definition) is 1. The van der Waals surface area contributed by atoms with Crippen LogP contribution in [0.4, 0.5) is 0 Å². The third kappa shape index (κ3) is 3.84. The molecule has 0 aromatic heterocycles. The molecule has 1 amide bonds. The summed E-state index contributed by atoms with van der Waals surface area (Å²) in [6.07, 6.45) is 0.109. The van der Waals surface area contributed by atoms with Gasteiger partial charge in [0, 0.05) is 17.0 Å². The first kappa shape index (κ1) is 17.1. The van der Waals surface area contributed by atoms with Crippen LogP contribution in [0.3, 0.4) is 0 Å². The highest BCUT2D eigenvalue weighted by molar-refractivity contribution is 9.10. The van der Waals surface area contributed by atoms with Crippen LogP contribution in [0.5, 0.6) is 11.5 Å². The molecule has 0 aliphatic carbocycles. The molecule has 3 rings (SSSR count). The Morgan fingerprint density at radius 1 is 1.38 bits per heavy atom. The zero-order valence-corrected chi connectivity index (χ0v) is 15.4. The summed E-state index contributed by atoms with van der Waals surface area (Å²) < 4.78 is 12.1. The maximum absolute atomic E-state index is 12.5. The maximum atomic E-state index is 12.5. The SMILES string of the molecule is CC(Oc1ccc(Cl)cc1Br)C(=O)NC1CCOc2ccccc21. The number of carbonyl (C=O) groups is 1. The minimum Gasteiger partial charge on any atom is -0.493 e. The molecule has 2 aromatic rings. The van der Waals surface area contributed by atoms with Crippen molar-refractivity contribution >= 4 is 33.4 Å². The zero-order valence-electron chi connectivity index (χ0n) is 13.1. The highest BCUT2D eigenvalue weighted by Gasteiger charge is 2.25. The van der Waals surface area contributed by atoms with Gasteiger partial charge >= 0.3 is 0 Å². The standard InChI is InChI=1S/C18H17BrClNO3/c1-11(24-17-7-6-12(20)10-14(17)19)18(22)21-15-8-9-23-16-5-3-2-4-13(15)16/h2-7,10-11,15H,8-9H2,1H3,(H,21,22). The molecule has 0 bridgehead atoms. The molecule has 1 N–H and O–H groups in total. The Morgan fingerprint density at radius 3 is 2.96 bits per heavy atom. The summed E-state index contributed by atoms with van der Waals surface area (Å²) in [6.45, 7) is 2.31. The maximum Gasteiger partial charge on any atom is 0.261 e. The van der Waals surface area contributed by atoms with Crippen molar-refractivity contribution in [1.29, 1.82) is 0 Å². The van der Waals surface area contributed by atoms with E-state index in [4.69, 9.17) is 21.1 Å². The molecule has 24 heavy (non-hydrogen) atoms. The fraction of sp³-hybridized carbons (Fsp3) is 0.278. The average Bonchev–Trinajstić information content (AvgIpc) is 2.57. The molecule has 2 unspecified atom stereocenters. The van der Waals surface area contributed by atoms with Gasteiger partial charge in [-0.25, -0.2) is 0 Å². The Morgan fingerprint density at radius 2 is 2.17 bits per heavy atom. The second-order valence-corrected chi connectivity index (χ2v) is 6.86. The van der Waals surface area contributed by atoms with E-state index >= 15 is 0 Å². The highest BCUT2D eigenvalue weighted by atomic mass is 79.9. The number of para-hydroxylation sites is 1. The van der Waals surface area contributed by atoms with Crippen molar-refractivity contribution in [2.45, 2.75) is 25.5 Å². The summed E-state index contributed by atoms with van der Waals surface area (Å²) in [5.74, 6) is 1.23. The van der Waals surface area contributed by atoms with E-state index < -0.39 is 6.10 Å². The Labute approximate surface area is 154 Å². The van der Waals surface area contributed by atoms with Crippen LogP contribution >= 0.6 is 27.5 Å². The first-order valence-electron chi connectivity index (χ1n) is 7.68. The number of fused-ring (bicyclic) bond motifs is 1. The number of ether oxygens (including phenoxy) is 2. The van der Waals surface area contributed by atoms with Crippen LogP contribution in [0.25, 0.3) is 0 Å². The van der Waals surface area contributed by atoms with Crippen LogP contribution in [0.1, 0.15) is 24.9 Å². The molecule has 6 heteroatoms. The Bertz CT molecular complexity index is 753. The third-order valence-corrected chi connectivity index (χ3v) is 4.70. The van der Waals surface area contributed by atoms with Crippen molar-refractivity contribution in [3.63, 3.8) is 0 Å². The van der Waals surface area contributed by atoms with Crippen LogP contribution in [0.15, 0.2) is 46.9 Å². The minimum atomic E-state index is -0.627. The van der Waals surface area contributed by atoms with Crippen molar-refractivity contribution in [3.8, 4) is 11.5 Å². The largest absolute Gasteiger partial charge is 0.493 e. The van der Waals surface area contributed by atoms with Crippen LogP contribution < -0.4 is 14.8 Å². The summed E-state index contributed by atoms with van der Waals surface area (Å²) in [5.41, 5.74) is 0.997. The van der Waals surface area contributed by atoms with Gasteiger partial charge in [0.1, 0.15) is 11.5 Å². The number of nitrogens with one attached hydrogen (secondary N) is 1. The van der Waals surface area contributed by atoms with Crippen LogP contribution in [0, 0.1) is 0 Å². The Hall–Kier alpha value is -1.72. The van der Waals surface area contributed by atoms with Gasteiger partial charge in [0.2, 0.25) is 0 Å². The molecule has 1 aliphatic rings. The number of rotatable bonds is 4. The van der Waals surface area contributed by atoms with E-state index in [0.29, 0.717) is 21.9 Å². The van der Waals surface area contributed by atoms with Crippen molar-refractivity contribution < 1.29 is 14.3 Å². The van der Waals surface area contributed by atoms with E-state index in [1.807, 2.05) is 24.3 Å². The summed E-state index contributed by atoms with van der Waals surface area (Å²) in [5, 5.41) is 3.64. The first-order valence-corrected chi connectivity index (χ1v) is 8.85. The van der Waals surface area contributed by atoms with Gasteiger partial charge < -0.3 is 14.8 Å². The van der Waals surface area contributed by atoms with E-state index in [2.05, 4.69) is 21.2 Å². The Balaban J connectivity index is 1.67. The molecular weight excluding hydrogens is 394 g/mol. The van der Waals surface area contributed by atoms with Gasteiger partial charge in [0.25, 0.3) is 5.91 Å².